The van der Waals surface area contributed by atoms with Gasteiger partial charge in [-0.25, -0.2) is 8.78 Å². The Hall–Kier alpha value is -0.710. The number of alkyl halides is 2. The Balaban J connectivity index is 3.68. The van der Waals surface area contributed by atoms with Crippen LogP contribution in [0.15, 0.2) is 0 Å². The largest absolute Gasteiger partial charge is 0.481 e. The number of hydrogen-bond donors (Lipinski definition) is 2. The topological polar surface area (TPSA) is 63.3 Å². The molecule has 3 N–H and O–H groups in total. The summed E-state index contributed by atoms with van der Waals surface area (Å²) in [4.78, 5) is 10.1. The van der Waals surface area contributed by atoms with Gasteiger partial charge in [-0.05, 0) is 12.3 Å². The average molecular weight is 181 g/mol. The van der Waals surface area contributed by atoms with Gasteiger partial charge in [0.2, 0.25) is 0 Å². The molecule has 12 heavy (non-hydrogen) atoms. The lowest BCUT2D eigenvalue weighted by atomic mass is 9.99. The van der Waals surface area contributed by atoms with Crippen LogP contribution in [0.1, 0.15) is 19.8 Å². The molecule has 72 valence electrons. The third-order valence-corrected chi connectivity index (χ3v) is 1.52. The monoisotopic (exact) mass is 181 g/mol. The van der Waals surface area contributed by atoms with Crippen molar-refractivity contribution in [2.75, 3.05) is 0 Å². The summed E-state index contributed by atoms with van der Waals surface area (Å²) >= 11 is 0. The van der Waals surface area contributed by atoms with E-state index in [1.54, 1.807) is 6.92 Å². The standard InChI is InChI=1S/C7H13F2NO2/c1-4(3-6(11)12)2-5(10)7(8)9/h4-5,7H,2-3,10H2,1H3,(H,11,12)/t4-,5+/m1/s1. The van der Waals surface area contributed by atoms with Gasteiger partial charge < -0.3 is 10.8 Å². The zero-order valence-electron chi connectivity index (χ0n) is 6.84. The van der Waals surface area contributed by atoms with Crippen LogP contribution in [0, 0.1) is 5.92 Å². The fourth-order valence-electron chi connectivity index (χ4n) is 0.949. The van der Waals surface area contributed by atoms with Crippen molar-refractivity contribution in [3.05, 3.63) is 0 Å². The van der Waals surface area contributed by atoms with Crippen molar-refractivity contribution in [1.29, 1.82) is 0 Å². The summed E-state index contributed by atoms with van der Waals surface area (Å²) in [6.07, 6.45) is -2.63. The summed E-state index contributed by atoms with van der Waals surface area (Å²) < 4.78 is 23.7. The maximum Gasteiger partial charge on any atom is 0.303 e. The first-order valence-corrected chi connectivity index (χ1v) is 3.69. The number of aliphatic carboxylic acids is 1. The molecule has 0 aliphatic heterocycles. The molecule has 0 aromatic heterocycles. The lowest BCUT2D eigenvalue weighted by Crippen LogP contribution is -2.31. The first kappa shape index (κ1) is 11.3. The highest BCUT2D eigenvalue weighted by molar-refractivity contribution is 5.66. The smallest absolute Gasteiger partial charge is 0.303 e. The van der Waals surface area contributed by atoms with Crippen LogP contribution in [0.3, 0.4) is 0 Å². The van der Waals surface area contributed by atoms with E-state index in [9.17, 15) is 13.6 Å². The Morgan fingerprint density at radius 1 is 1.58 bits per heavy atom. The Bertz CT molecular complexity index is 152. The lowest BCUT2D eigenvalue weighted by molar-refractivity contribution is -0.138. The van der Waals surface area contributed by atoms with E-state index in [-0.39, 0.29) is 18.8 Å². The van der Waals surface area contributed by atoms with Crippen LogP contribution in [0.25, 0.3) is 0 Å². The molecular weight excluding hydrogens is 168 g/mol. The molecule has 0 saturated heterocycles. The minimum absolute atomic E-state index is 0.0456. The van der Waals surface area contributed by atoms with Crippen LogP contribution in [0.2, 0.25) is 0 Å². The van der Waals surface area contributed by atoms with Crippen molar-refractivity contribution in [1.82, 2.24) is 0 Å². The summed E-state index contributed by atoms with van der Waals surface area (Å²) in [6.45, 7) is 1.59. The number of rotatable bonds is 5. The third kappa shape index (κ3) is 5.01. The average Bonchev–Trinajstić information content (AvgIpc) is 1.84. The molecule has 0 spiro atoms. The second kappa shape index (κ2) is 5.03. The fourth-order valence-corrected chi connectivity index (χ4v) is 0.949. The maximum absolute atomic E-state index is 11.9. The van der Waals surface area contributed by atoms with Gasteiger partial charge in [0.05, 0.1) is 6.04 Å². The number of carboxylic acid groups (broad SMARTS) is 1. The summed E-state index contributed by atoms with van der Waals surface area (Å²) in [6, 6.07) is -1.21. The quantitative estimate of drug-likeness (QED) is 0.667. The zero-order chi connectivity index (χ0) is 9.72. The molecule has 0 aliphatic carbocycles. The molecule has 0 amide bonds. The Morgan fingerprint density at radius 2 is 2.08 bits per heavy atom. The summed E-state index contributed by atoms with van der Waals surface area (Å²) in [7, 11) is 0. The van der Waals surface area contributed by atoms with Crippen molar-refractivity contribution < 1.29 is 18.7 Å². The summed E-state index contributed by atoms with van der Waals surface area (Å²) in [5, 5.41) is 8.31. The van der Waals surface area contributed by atoms with Gasteiger partial charge >= 0.3 is 5.97 Å². The second-order valence-electron chi connectivity index (χ2n) is 2.94. The number of nitrogens with two attached hydrogens (primary N) is 1. The van der Waals surface area contributed by atoms with Crippen LogP contribution in [-0.2, 0) is 4.79 Å². The van der Waals surface area contributed by atoms with Crippen molar-refractivity contribution in [2.45, 2.75) is 32.2 Å². The van der Waals surface area contributed by atoms with Gasteiger partial charge in [-0.15, -0.1) is 0 Å². The van der Waals surface area contributed by atoms with Crippen molar-refractivity contribution in [2.24, 2.45) is 11.7 Å². The minimum Gasteiger partial charge on any atom is -0.481 e. The molecule has 0 rings (SSSR count). The van der Waals surface area contributed by atoms with E-state index in [4.69, 9.17) is 10.8 Å². The van der Waals surface area contributed by atoms with E-state index in [1.165, 1.54) is 0 Å². The SMILES string of the molecule is C[C@@H](CC(=O)O)C[C@H](N)C(F)F. The number of carboxylic acids is 1. The predicted octanol–water partition coefficient (Wildman–Crippen LogP) is 1.08. The maximum atomic E-state index is 11.9. The summed E-state index contributed by atoms with van der Waals surface area (Å²) in [5.41, 5.74) is 5.05. The highest BCUT2D eigenvalue weighted by Gasteiger charge is 2.19. The van der Waals surface area contributed by atoms with E-state index >= 15 is 0 Å². The molecule has 0 aliphatic rings. The van der Waals surface area contributed by atoms with Gasteiger partial charge in [0, 0.05) is 6.42 Å². The second-order valence-corrected chi connectivity index (χ2v) is 2.94. The molecule has 0 aromatic rings. The van der Waals surface area contributed by atoms with Gasteiger partial charge in [-0.2, -0.15) is 0 Å². The van der Waals surface area contributed by atoms with Crippen LogP contribution in [0.4, 0.5) is 8.78 Å². The zero-order valence-corrected chi connectivity index (χ0v) is 6.84. The predicted molar refractivity (Wildman–Crippen MR) is 40.0 cm³/mol. The molecule has 0 saturated carbocycles. The molecular formula is C7H13F2NO2. The Labute approximate surface area is 69.6 Å². The van der Waals surface area contributed by atoms with Gasteiger partial charge in [0.15, 0.2) is 0 Å². The first-order chi connectivity index (χ1) is 5.43. The molecule has 5 heteroatoms. The van der Waals surface area contributed by atoms with E-state index < -0.39 is 18.4 Å². The molecule has 0 radical (unpaired) electrons. The number of halogens is 2. The van der Waals surface area contributed by atoms with E-state index in [0.29, 0.717) is 0 Å². The normalized spacial score (nSPS) is 16.1. The van der Waals surface area contributed by atoms with E-state index in [0.717, 1.165) is 0 Å². The molecule has 0 fully saturated rings. The van der Waals surface area contributed by atoms with Crippen LogP contribution < -0.4 is 5.73 Å². The highest BCUT2D eigenvalue weighted by atomic mass is 19.3. The van der Waals surface area contributed by atoms with E-state index in [1.807, 2.05) is 0 Å². The van der Waals surface area contributed by atoms with Crippen LogP contribution >= 0.6 is 0 Å². The van der Waals surface area contributed by atoms with Crippen molar-refractivity contribution in [3.63, 3.8) is 0 Å². The number of hydrogen-bond acceptors (Lipinski definition) is 2. The fraction of sp³-hybridized carbons (Fsp3) is 0.857. The van der Waals surface area contributed by atoms with Crippen molar-refractivity contribution >= 4 is 5.97 Å². The van der Waals surface area contributed by atoms with Gasteiger partial charge in [-0.1, -0.05) is 6.92 Å². The molecule has 0 heterocycles. The van der Waals surface area contributed by atoms with Gasteiger partial charge in [0.1, 0.15) is 0 Å². The molecule has 0 aromatic carbocycles. The van der Waals surface area contributed by atoms with Crippen LogP contribution in [0.5, 0.6) is 0 Å². The Morgan fingerprint density at radius 3 is 2.42 bits per heavy atom. The highest BCUT2D eigenvalue weighted by Crippen LogP contribution is 2.13. The molecule has 3 nitrogen and oxygen atoms in total. The summed E-state index contributed by atoms with van der Waals surface area (Å²) in [5.74, 6) is -1.28. The first-order valence-electron chi connectivity index (χ1n) is 3.69. The lowest BCUT2D eigenvalue weighted by Gasteiger charge is -2.14. The van der Waals surface area contributed by atoms with Crippen LogP contribution in [-0.4, -0.2) is 23.5 Å². The molecule has 0 bridgehead atoms. The van der Waals surface area contributed by atoms with Gasteiger partial charge in [0.25, 0.3) is 6.43 Å². The van der Waals surface area contributed by atoms with Gasteiger partial charge in [-0.3, -0.25) is 4.79 Å². The van der Waals surface area contributed by atoms with Crippen molar-refractivity contribution in [3.8, 4) is 0 Å². The van der Waals surface area contributed by atoms with E-state index in [2.05, 4.69) is 0 Å². The number of carbonyl (C=O) groups is 1. The minimum atomic E-state index is -2.57. The molecule has 2 atom stereocenters. The molecule has 0 unspecified atom stereocenters. The third-order valence-electron chi connectivity index (χ3n) is 1.52. The Kier molecular flexibility index (Phi) is 4.73.